The van der Waals surface area contributed by atoms with Crippen molar-refractivity contribution in [1.29, 1.82) is 0 Å². The Kier molecular flexibility index (Phi) is 9.37. The minimum Gasteiger partial charge on any atom is -0.369 e. The van der Waals surface area contributed by atoms with Gasteiger partial charge in [-0.2, -0.15) is 4.98 Å². The number of halogens is 2. The molecule has 1 fully saturated rings. The molecule has 1 aliphatic rings. The van der Waals surface area contributed by atoms with Crippen LogP contribution in [0.15, 0.2) is 79.5 Å². The molecule has 3 aromatic carbocycles. The van der Waals surface area contributed by atoms with Crippen LogP contribution in [0.25, 0.3) is 0 Å². The second-order valence-electron chi connectivity index (χ2n) is 10.3. The number of piperazine rings is 1. The van der Waals surface area contributed by atoms with Crippen LogP contribution in [0.1, 0.15) is 15.9 Å². The monoisotopic (exact) mass is 614 g/mol. The molecule has 0 saturated carbocycles. The number of amides is 2. The average Bonchev–Trinajstić information content (AvgIpc) is 3.01. The smallest absolute Gasteiger partial charge is 0.261 e. The second kappa shape index (κ2) is 13.5. The highest BCUT2D eigenvalue weighted by Crippen LogP contribution is 2.32. The van der Waals surface area contributed by atoms with Crippen molar-refractivity contribution < 1.29 is 14.0 Å². The predicted molar refractivity (Wildman–Crippen MR) is 174 cm³/mol. The molecular weight excluding hydrogens is 583 g/mol. The zero-order valence-corrected chi connectivity index (χ0v) is 25.1. The van der Waals surface area contributed by atoms with Crippen LogP contribution in [0.2, 0.25) is 5.02 Å². The first-order valence-corrected chi connectivity index (χ1v) is 14.3. The first kappa shape index (κ1) is 30.5. The topological polar surface area (TPSA) is 115 Å². The molecule has 0 unspecified atom stereocenters. The summed E-state index contributed by atoms with van der Waals surface area (Å²) < 4.78 is 15.1. The van der Waals surface area contributed by atoms with Crippen molar-refractivity contribution >= 4 is 63.6 Å². The van der Waals surface area contributed by atoms with Crippen LogP contribution in [0.5, 0.6) is 0 Å². The summed E-state index contributed by atoms with van der Waals surface area (Å²) in [6.07, 6.45) is 2.40. The maximum absolute atomic E-state index is 15.1. The molecule has 4 aromatic rings. The lowest BCUT2D eigenvalue weighted by atomic mass is 10.2. The number of aryl methyl sites for hydroxylation is 1. The summed E-state index contributed by atoms with van der Waals surface area (Å²) in [6, 6.07) is 17.3. The van der Waals surface area contributed by atoms with Gasteiger partial charge in [-0.05, 0) is 68.1 Å². The van der Waals surface area contributed by atoms with Crippen LogP contribution in [0.4, 0.5) is 44.6 Å². The van der Waals surface area contributed by atoms with Crippen molar-refractivity contribution in [3.05, 3.63) is 101 Å². The maximum atomic E-state index is 15.1. The minimum atomic E-state index is -0.673. The number of aromatic nitrogens is 2. The highest BCUT2D eigenvalue weighted by Gasteiger charge is 2.21. The van der Waals surface area contributed by atoms with Crippen molar-refractivity contribution in [3.8, 4) is 0 Å². The van der Waals surface area contributed by atoms with E-state index in [1.54, 1.807) is 12.1 Å². The number of likely N-dealkylation sites (N-methyl/N-ethyl adjacent to an activating group) is 1. The van der Waals surface area contributed by atoms with Gasteiger partial charge >= 0.3 is 0 Å². The van der Waals surface area contributed by atoms with Crippen LogP contribution in [0, 0.1) is 12.7 Å². The molecule has 0 spiro atoms. The molecule has 0 radical (unpaired) electrons. The summed E-state index contributed by atoms with van der Waals surface area (Å²) in [5, 5.41) is 11.8. The van der Waals surface area contributed by atoms with Gasteiger partial charge < -0.3 is 31.1 Å². The van der Waals surface area contributed by atoms with Gasteiger partial charge in [0.05, 0.1) is 22.1 Å². The number of nitrogens with one attached hydrogen (secondary N) is 4. The van der Waals surface area contributed by atoms with Crippen LogP contribution < -0.4 is 26.2 Å². The van der Waals surface area contributed by atoms with Crippen molar-refractivity contribution in [2.75, 3.05) is 59.4 Å². The van der Waals surface area contributed by atoms with Crippen LogP contribution in [-0.2, 0) is 4.79 Å². The molecule has 2 amide bonds. The lowest BCUT2D eigenvalue weighted by molar-refractivity contribution is -0.111. The van der Waals surface area contributed by atoms with E-state index in [1.165, 1.54) is 24.4 Å². The standard InChI is InChI=1S/C32H32ClFN8O2/c1-4-27(43)37-26-10-6-9-25(34)29(26)38-30-23(31(44)39-28-20(2)7-5-8-24(28)33)19-35-32(40-30)36-21-11-13-22(14-12-21)42-17-15-41(3)16-18-42/h4-14,19H,1,15-18H2,2-3H3,(H,37,43)(H,39,44)(H2,35,36,38,40). The fourth-order valence-corrected chi connectivity index (χ4v) is 4.95. The number of benzene rings is 3. The van der Waals surface area contributed by atoms with Crippen LogP contribution in [0.3, 0.4) is 0 Å². The van der Waals surface area contributed by atoms with Gasteiger partial charge in [-0.1, -0.05) is 36.4 Å². The number of para-hydroxylation sites is 2. The first-order valence-electron chi connectivity index (χ1n) is 13.9. The normalized spacial score (nSPS) is 13.2. The molecule has 2 heterocycles. The molecule has 0 bridgehead atoms. The Hall–Kier alpha value is -5.00. The maximum Gasteiger partial charge on any atom is 0.261 e. The molecule has 1 saturated heterocycles. The first-order chi connectivity index (χ1) is 21.2. The van der Waals surface area contributed by atoms with E-state index in [4.69, 9.17) is 11.6 Å². The molecule has 0 aliphatic carbocycles. The highest BCUT2D eigenvalue weighted by atomic mass is 35.5. The predicted octanol–water partition coefficient (Wildman–Crippen LogP) is 6.19. The largest absolute Gasteiger partial charge is 0.369 e. The SMILES string of the molecule is C=CC(=O)Nc1cccc(F)c1Nc1nc(Nc2ccc(N3CCN(C)CC3)cc2)ncc1C(=O)Nc1c(C)cccc1Cl. The molecule has 12 heteroatoms. The molecule has 1 aromatic heterocycles. The quantitative estimate of drug-likeness (QED) is 0.165. The highest BCUT2D eigenvalue weighted by molar-refractivity contribution is 6.34. The van der Waals surface area contributed by atoms with Crippen molar-refractivity contribution in [2.45, 2.75) is 6.92 Å². The fourth-order valence-electron chi connectivity index (χ4n) is 4.68. The molecule has 10 nitrogen and oxygen atoms in total. The van der Waals surface area contributed by atoms with E-state index in [9.17, 15) is 9.59 Å². The van der Waals surface area contributed by atoms with Gasteiger partial charge in [0.25, 0.3) is 5.91 Å². The zero-order chi connectivity index (χ0) is 31.2. The number of rotatable bonds is 9. The number of carbonyl (C=O) groups is 2. The van der Waals surface area contributed by atoms with Crippen molar-refractivity contribution in [3.63, 3.8) is 0 Å². The van der Waals surface area contributed by atoms with Crippen LogP contribution in [-0.4, -0.2) is 59.9 Å². The summed E-state index contributed by atoms with van der Waals surface area (Å²) in [6.45, 7) is 9.16. The van der Waals surface area contributed by atoms with Gasteiger partial charge in [-0.25, -0.2) is 9.37 Å². The Morgan fingerprint density at radius 3 is 2.39 bits per heavy atom. The summed E-state index contributed by atoms with van der Waals surface area (Å²) in [4.78, 5) is 39.1. The Bertz CT molecular complexity index is 1670. The molecule has 5 rings (SSSR count). The van der Waals surface area contributed by atoms with Crippen molar-refractivity contribution in [1.82, 2.24) is 14.9 Å². The number of carbonyl (C=O) groups excluding carboxylic acids is 2. The zero-order valence-electron chi connectivity index (χ0n) is 24.3. The van der Waals surface area contributed by atoms with Gasteiger partial charge in [0.15, 0.2) is 0 Å². The lowest BCUT2D eigenvalue weighted by Crippen LogP contribution is -2.44. The van der Waals surface area contributed by atoms with E-state index in [0.717, 1.165) is 49.2 Å². The minimum absolute atomic E-state index is 0.00188. The van der Waals surface area contributed by atoms with E-state index < -0.39 is 17.6 Å². The molecule has 4 N–H and O–H groups in total. The number of hydrogen-bond donors (Lipinski definition) is 4. The van der Waals surface area contributed by atoms with E-state index in [2.05, 4.69) is 54.7 Å². The third-order valence-electron chi connectivity index (χ3n) is 7.19. The molecule has 44 heavy (non-hydrogen) atoms. The third-order valence-corrected chi connectivity index (χ3v) is 7.50. The number of anilines is 7. The Labute approximate surface area is 260 Å². The molecule has 0 atom stereocenters. The average molecular weight is 615 g/mol. The number of hydrogen-bond acceptors (Lipinski definition) is 8. The summed E-state index contributed by atoms with van der Waals surface area (Å²) in [7, 11) is 2.12. The van der Waals surface area contributed by atoms with Crippen LogP contribution >= 0.6 is 11.6 Å². The molecular formula is C32H32ClFN8O2. The number of nitrogens with zero attached hydrogens (tertiary/aromatic N) is 4. The van der Waals surface area contributed by atoms with Gasteiger partial charge in [-0.3, -0.25) is 9.59 Å². The van der Waals surface area contributed by atoms with Gasteiger partial charge in [0.2, 0.25) is 11.9 Å². The fraction of sp³-hybridized carbons (Fsp3) is 0.188. The Morgan fingerprint density at radius 2 is 1.68 bits per heavy atom. The van der Waals surface area contributed by atoms with E-state index in [-0.39, 0.29) is 28.7 Å². The second-order valence-corrected chi connectivity index (χ2v) is 10.7. The summed E-state index contributed by atoms with van der Waals surface area (Å²) >= 11 is 6.34. The Morgan fingerprint density at radius 1 is 0.955 bits per heavy atom. The molecule has 226 valence electrons. The van der Waals surface area contributed by atoms with E-state index >= 15 is 4.39 Å². The van der Waals surface area contributed by atoms with Gasteiger partial charge in [-0.15, -0.1) is 0 Å². The lowest BCUT2D eigenvalue weighted by Gasteiger charge is -2.34. The van der Waals surface area contributed by atoms with Crippen molar-refractivity contribution in [2.24, 2.45) is 0 Å². The van der Waals surface area contributed by atoms with Gasteiger partial charge in [0, 0.05) is 43.8 Å². The van der Waals surface area contributed by atoms with Gasteiger partial charge in [0.1, 0.15) is 17.2 Å². The van der Waals surface area contributed by atoms with E-state index in [1.807, 2.05) is 37.3 Å². The van der Waals surface area contributed by atoms with E-state index in [0.29, 0.717) is 10.7 Å². The third kappa shape index (κ3) is 7.13. The Balaban J connectivity index is 1.46. The molecule has 1 aliphatic heterocycles. The summed E-state index contributed by atoms with van der Waals surface area (Å²) in [5.74, 6) is -1.61. The summed E-state index contributed by atoms with van der Waals surface area (Å²) in [5.41, 5.74) is 3.08.